The van der Waals surface area contributed by atoms with Gasteiger partial charge in [-0.25, -0.2) is 0 Å². The average Bonchev–Trinajstić information content (AvgIpc) is 3.39. The number of carbonyl (C=O) groups excluding carboxylic acids is 1. The molecule has 2 heterocycles. The number of methoxy groups -OCH3 is 3. The summed E-state index contributed by atoms with van der Waals surface area (Å²) >= 11 is 0. The van der Waals surface area contributed by atoms with E-state index >= 15 is 0 Å². The third-order valence-electron chi connectivity index (χ3n) is 5.96. The maximum absolute atomic E-state index is 14.1. The van der Waals surface area contributed by atoms with Crippen LogP contribution in [0.3, 0.4) is 0 Å². The Hall–Kier alpha value is -3.74. The third-order valence-corrected chi connectivity index (χ3v) is 5.96. The minimum atomic E-state index is -0.167. The summed E-state index contributed by atoms with van der Waals surface area (Å²) < 4.78 is 24.5. The zero-order chi connectivity index (χ0) is 23.7. The summed E-state index contributed by atoms with van der Waals surface area (Å²) in [6.45, 7) is 3.98. The number of aromatic nitrogens is 2. The highest BCUT2D eigenvalue weighted by atomic mass is 16.5. The molecule has 0 saturated carbocycles. The number of allylic oxidation sites excluding steroid dienone is 2. The Morgan fingerprint density at radius 2 is 1.85 bits per heavy atom. The lowest BCUT2D eigenvalue weighted by Gasteiger charge is -2.15. The van der Waals surface area contributed by atoms with Crippen LogP contribution in [0.25, 0.3) is 17.4 Å². The number of nitrogens with zero attached hydrogens (tertiary/aromatic N) is 2. The first-order valence-electron chi connectivity index (χ1n) is 10.7. The van der Waals surface area contributed by atoms with Crippen LogP contribution in [0.2, 0.25) is 0 Å². The molecule has 0 saturated heterocycles. The quantitative estimate of drug-likeness (QED) is 0.477. The zero-order valence-electron chi connectivity index (χ0n) is 19.8. The van der Waals surface area contributed by atoms with Gasteiger partial charge in [-0.05, 0) is 37.5 Å². The molecule has 4 rings (SSSR count). The number of fused-ring (bicyclic) bond motifs is 1. The molecule has 0 radical (unpaired) electrons. The number of hydrogen-bond acceptors (Lipinski definition) is 6. The SMILES string of the molecule is COC1=C/c2oc(-c3cnn(C)c3)c(C(=O)c3cc(OC)c(C)c(OC)c3)c2C(C)C\C=C\1. The number of aryl methyl sites for hydroxylation is 1. The molecule has 1 unspecified atom stereocenters. The minimum Gasteiger partial charge on any atom is -0.497 e. The van der Waals surface area contributed by atoms with Gasteiger partial charge in [0.1, 0.15) is 28.8 Å². The van der Waals surface area contributed by atoms with E-state index in [1.165, 1.54) is 0 Å². The molecular weight excluding hydrogens is 420 g/mol. The maximum Gasteiger partial charge on any atom is 0.197 e. The molecule has 1 aromatic carbocycles. The fourth-order valence-corrected chi connectivity index (χ4v) is 4.20. The number of rotatable bonds is 6. The van der Waals surface area contributed by atoms with Gasteiger partial charge in [-0.15, -0.1) is 0 Å². The largest absolute Gasteiger partial charge is 0.497 e. The summed E-state index contributed by atoms with van der Waals surface area (Å²) in [5.74, 6) is 2.81. The Bertz CT molecular complexity index is 1240. The monoisotopic (exact) mass is 448 g/mol. The van der Waals surface area contributed by atoms with Crippen molar-refractivity contribution >= 4 is 11.9 Å². The van der Waals surface area contributed by atoms with Gasteiger partial charge in [0.25, 0.3) is 0 Å². The van der Waals surface area contributed by atoms with Gasteiger partial charge in [0.15, 0.2) is 5.78 Å². The molecule has 7 heteroatoms. The van der Waals surface area contributed by atoms with Crippen LogP contribution in [0.5, 0.6) is 11.5 Å². The summed E-state index contributed by atoms with van der Waals surface area (Å²) in [6, 6.07) is 3.49. The third kappa shape index (κ3) is 4.06. The van der Waals surface area contributed by atoms with Crippen molar-refractivity contribution in [1.82, 2.24) is 9.78 Å². The topological polar surface area (TPSA) is 75.7 Å². The van der Waals surface area contributed by atoms with E-state index < -0.39 is 0 Å². The van der Waals surface area contributed by atoms with E-state index in [0.29, 0.717) is 39.9 Å². The van der Waals surface area contributed by atoms with Crippen LogP contribution >= 0.6 is 0 Å². The number of benzene rings is 1. The Labute approximate surface area is 193 Å². The van der Waals surface area contributed by atoms with Crippen LogP contribution in [-0.2, 0) is 11.8 Å². The zero-order valence-corrected chi connectivity index (χ0v) is 19.8. The van der Waals surface area contributed by atoms with Gasteiger partial charge in [0.05, 0.1) is 38.7 Å². The lowest BCUT2D eigenvalue weighted by atomic mass is 9.87. The minimum absolute atomic E-state index is 0.0493. The molecule has 0 fully saturated rings. The van der Waals surface area contributed by atoms with Crippen LogP contribution in [-0.4, -0.2) is 36.9 Å². The van der Waals surface area contributed by atoms with Gasteiger partial charge in [-0.3, -0.25) is 9.48 Å². The molecule has 1 aliphatic rings. The standard InChI is InChI=1S/C26H28N2O5/c1-15-8-7-9-19(30-4)12-22-23(15)24(26(33-22)18-13-27-28(3)14-18)25(29)17-10-20(31-5)16(2)21(11-17)32-6/h7,9-15H,8H2,1-6H3/b9-7+,19-12+. The van der Waals surface area contributed by atoms with Crippen molar-refractivity contribution in [3.05, 3.63) is 70.5 Å². The first kappa shape index (κ1) is 22.5. The van der Waals surface area contributed by atoms with Crippen LogP contribution < -0.4 is 9.47 Å². The summed E-state index contributed by atoms with van der Waals surface area (Å²) in [7, 11) is 6.60. The highest BCUT2D eigenvalue weighted by Crippen LogP contribution is 2.41. The van der Waals surface area contributed by atoms with E-state index in [9.17, 15) is 4.79 Å². The molecule has 0 spiro atoms. The van der Waals surface area contributed by atoms with Crippen molar-refractivity contribution in [2.24, 2.45) is 7.05 Å². The highest BCUT2D eigenvalue weighted by Gasteiger charge is 2.31. The molecular formula is C26H28N2O5. The first-order valence-corrected chi connectivity index (χ1v) is 10.7. The molecule has 0 N–H and O–H groups in total. The fourth-order valence-electron chi connectivity index (χ4n) is 4.20. The average molecular weight is 449 g/mol. The van der Waals surface area contributed by atoms with Gasteiger partial charge >= 0.3 is 0 Å². The molecule has 1 atom stereocenters. The maximum atomic E-state index is 14.1. The molecule has 0 bridgehead atoms. The van der Waals surface area contributed by atoms with Crippen molar-refractivity contribution in [1.29, 1.82) is 0 Å². The summed E-state index contributed by atoms with van der Waals surface area (Å²) in [6.07, 6.45) is 10.1. The lowest BCUT2D eigenvalue weighted by Crippen LogP contribution is -2.09. The van der Waals surface area contributed by atoms with Crippen molar-refractivity contribution in [3.8, 4) is 22.8 Å². The summed E-state index contributed by atoms with van der Waals surface area (Å²) in [4.78, 5) is 14.1. The molecule has 0 aliphatic heterocycles. The Balaban J connectivity index is 1.99. The Morgan fingerprint density at radius 1 is 1.15 bits per heavy atom. The number of hydrogen-bond donors (Lipinski definition) is 0. The number of ketones is 1. The number of furan rings is 1. The summed E-state index contributed by atoms with van der Waals surface area (Å²) in [5, 5.41) is 4.28. The molecule has 0 amide bonds. The van der Waals surface area contributed by atoms with E-state index in [1.54, 1.807) is 44.3 Å². The predicted octanol–water partition coefficient (Wildman–Crippen LogP) is 5.29. The van der Waals surface area contributed by atoms with Gasteiger partial charge in [0, 0.05) is 36.0 Å². The van der Waals surface area contributed by atoms with E-state index in [0.717, 1.165) is 23.1 Å². The van der Waals surface area contributed by atoms with Crippen molar-refractivity contribution in [2.75, 3.05) is 21.3 Å². The van der Waals surface area contributed by atoms with E-state index in [-0.39, 0.29) is 11.7 Å². The summed E-state index contributed by atoms with van der Waals surface area (Å²) in [5.41, 5.74) is 3.38. The van der Waals surface area contributed by atoms with Crippen molar-refractivity contribution in [3.63, 3.8) is 0 Å². The second kappa shape index (κ2) is 9.02. The molecule has 33 heavy (non-hydrogen) atoms. The van der Waals surface area contributed by atoms with Crippen LogP contribution in [0.15, 0.2) is 46.9 Å². The lowest BCUT2D eigenvalue weighted by molar-refractivity contribution is 0.103. The second-order valence-electron chi connectivity index (χ2n) is 8.11. The molecule has 2 aromatic heterocycles. The second-order valence-corrected chi connectivity index (χ2v) is 8.11. The van der Waals surface area contributed by atoms with Gasteiger partial charge in [-0.2, -0.15) is 5.10 Å². The molecule has 7 nitrogen and oxygen atoms in total. The van der Waals surface area contributed by atoms with Crippen LogP contribution in [0, 0.1) is 6.92 Å². The Kier molecular flexibility index (Phi) is 6.14. The van der Waals surface area contributed by atoms with Gasteiger partial charge < -0.3 is 18.6 Å². The van der Waals surface area contributed by atoms with Crippen LogP contribution in [0.1, 0.15) is 52.1 Å². The molecule has 3 aromatic rings. The van der Waals surface area contributed by atoms with Crippen molar-refractivity contribution in [2.45, 2.75) is 26.2 Å². The van der Waals surface area contributed by atoms with Crippen LogP contribution in [0.4, 0.5) is 0 Å². The number of ether oxygens (including phenoxy) is 3. The smallest absolute Gasteiger partial charge is 0.197 e. The molecule has 172 valence electrons. The fraction of sp³-hybridized carbons (Fsp3) is 0.308. The van der Waals surface area contributed by atoms with Gasteiger partial charge in [0.2, 0.25) is 0 Å². The predicted molar refractivity (Wildman–Crippen MR) is 126 cm³/mol. The van der Waals surface area contributed by atoms with E-state index in [2.05, 4.69) is 12.0 Å². The molecule has 1 aliphatic carbocycles. The number of carbonyl (C=O) groups is 1. The van der Waals surface area contributed by atoms with E-state index in [4.69, 9.17) is 18.6 Å². The van der Waals surface area contributed by atoms with Gasteiger partial charge in [-0.1, -0.05) is 13.0 Å². The highest BCUT2D eigenvalue weighted by molar-refractivity contribution is 6.14. The van der Waals surface area contributed by atoms with Crippen molar-refractivity contribution < 1.29 is 23.4 Å². The Morgan fingerprint density at radius 3 is 2.42 bits per heavy atom. The normalized spacial score (nSPS) is 17.9. The van der Waals surface area contributed by atoms with E-state index in [1.807, 2.05) is 38.4 Å². The first-order chi connectivity index (χ1) is 15.9.